The summed E-state index contributed by atoms with van der Waals surface area (Å²) in [5.74, 6) is 2.92. The van der Waals surface area contributed by atoms with Gasteiger partial charge in [-0.15, -0.1) is 0 Å². The summed E-state index contributed by atoms with van der Waals surface area (Å²) in [6, 6.07) is 3.27. The van der Waals surface area contributed by atoms with Crippen molar-refractivity contribution in [2.75, 3.05) is 56.0 Å². The third-order valence-electron chi connectivity index (χ3n) is 5.82. The van der Waals surface area contributed by atoms with Gasteiger partial charge in [0.2, 0.25) is 0 Å². The van der Waals surface area contributed by atoms with Crippen LogP contribution in [0.1, 0.15) is 26.7 Å². The van der Waals surface area contributed by atoms with E-state index in [1.54, 1.807) is 6.33 Å². The van der Waals surface area contributed by atoms with E-state index in [1.807, 2.05) is 0 Å². The molecule has 5 heterocycles. The number of nitrogens with zero attached hydrogens (tertiary/aromatic N) is 5. The molecular formula is C18H30N6. The highest BCUT2D eigenvalue weighted by atomic mass is 15.3. The van der Waals surface area contributed by atoms with E-state index >= 15 is 0 Å². The predicted octanol–water partition coefficient (Wildman–Crippen LogP) is 1.51. The van der Waals surface area contributed by atoms with Crippen molar-refractivity contribution >= 4 is 11.6 Å². The lowest BCUT2D eigenvalue weighted by Gasteiger charge is -2.51. The largest absolute Gasteiger partial charge is 0.368 e. The van der Waals surface area contributed by atoms with Crippen LogP contribution in [0.4, 0.5) is 11.6 Å². The van der Waals surface area contributed by atoms with Crippen LogP contribution in [-0.4, -0.2) is 77.7 Å². The monoisotopic (exact) mass is 330 g/mol. The van der Waals surface area contributed by atoms with E-state index in [1.165, 1.54) is 32.5 Å². The quantitative estimate of drug-likeness (QED) is 0.903. The summed E-state index contributed by atoms with van der Waals surface area (Å²) in [7, 11) is 0. The van der Waals surface area contributed by atoms with Crippen LogP contribution in [0.5, 0.6) is 0 Å². The molecule has 1 aromatic heterocycles. The zero-order valence-electron chi connectivity index (χ0n) is 15.0. The molecule has 4 fully saturated rings. The highest BCUT2D eigenvalue weighted by Crippen LogP contribution is 2.31. The van der Waals surface area contributed by atoms with Gasteiger partial charge in [-0.25, -0.2) is 9.97 Å². The number of piperidine rings is 3. The first-order valence-corrected chi connectivity index (χ1v) is 9.49. The van der Waals surface area contributed by atoms with Crippen LogP contribution in [0, 0.1) is 5.92 Å². The first-order valence-electron chi connectivity index (χ1n) is 9.49. The van der Waals surface area contributed by atoms with Gasteiger partial charge >= 0.3 is 0 Å². The van der Waals surface area contributed by atoms with Crippen molar-refractivity contribution in [3.05, 3.63) is 12.4 Å². The van der Waals surface area contributed by atoms with Gasteiger partial charge in [0.05, 0.1) is 0 Å². The third kappa shape index (κ3) is 3.35. The first-order chi connectivity index (χ1) is 11.7. The Hall–Kier alpha value is -1.40. The summed E-state index contributed by atoms with van der Waals surface area (Å²) in [5, 5.41) is 3.37. The fourth-order valence-electron chi connectivity index (χ4n) is 4.52. The second-order valence-electron chi connectivity index (χ2n) is 7.79. The van der Waals surface area contributed by atoms with Gasteiger partial charge in [0.25, 0.3) is 0 Å². The molecule has 6 heteroatoms. The van der Waals surface area contributed by atoms with Crippen molar-refractivity contribution in [3.8, 4) is 0 Å². The fourth-order valence-corrected chi connectivity index (χ4v) is 4.52. The molecule has 0 aromatic carbocycles. The highest BCUT2D eigenvalue weighted by Gasteiger charge is 2.38. The van der Waals surface area contributed by atoms with Gasteiger partial charge in [0, 0.05) is 50.9 Å². The molecule has 1 aromatic rings. The SMILES string of the molecule is CC(C)Nc1cc(N2CCN([C@@H]3CN4CCC3CC4)CC2)ncn1. The minimum absolute atomic E-state index is 0.390. The Labute approximate surface area is 145 Å². The van der Waals surface area contributed by atoms with Crippen LogP contribution in [0.25, 0.3) is 0 Å². The van der Waals surface area contributed by atoms with E-state index in [-0.39, 0.29) is 0 Å². The lowest BCUT2D eigenvalue weighted by molar-refractivity contribution is 0.00306. The molecular weight excluding hydrogens is 300 g/mol. The number of anilines is 2. The Bertz CT molecular complexity index is 546. The average molecular weight is 330 g/mol. The number of rotatable bonds is 4. The Morgan fingerprint density at radius 1 is 1.04 bits per heavy atom. The molecule has 0 unspecified atom stereocenters. The molecule has 4 aliphatic rings. The maximum atomic E-state index is 4.49. The molecule has 0 spiro atoms. The molecule has 4 saturated heterocycles. The maximum Gasteiger partial charge on any atom is 0.134 e. The maximum absolute atomic E-state index is 4.49. The number of hydrogen-bond acceptors (Lipinski definition) is 6. The number of nitrogens with one attached hydrogen (secondary N) is 1. The van der Waals surface area contributed by atoms with Crippen molar-refractivity contribution < 1.29 is 0 Å². The van der Waals surface area contributed by atoms with Crippen LogP contribution >= 0.6 is 0 Å². The minimum atomic E-state index is 0.390. The smallest absolute Gasteiger partial charge is 0.134 e. The number of hydrogen-bond donors (Lipinski definition) is 1. The van der Waals surface area contributed by atoms with E-state index in [0.717, 1.165) is 49.8 Å². The van der Waals surface area contributed by atoms with Gasteiger partial charge in [-0.3, -0.25) is 4.90 Å². The van der Waals surface area contributed by atoms with Crippen molar-refractivity contribution in [2.24, 2.45) is 5.92 Å². The summed E-state index contributed by atoms with van der Waals surface area (Å²) in [6.45, 7) is 12.7. The molecule has 2 bridgehead atoms. The normalized spacial score (nSPS) is 30.8. The van der Waals surface area contributed by atoms with Crippen LogP contribution < -0.4 is 10.2 Å². The second kappa shape index (κ2) is 6.84. The van der Waals surface area contributed by atoms with Crippen LogP contribution in [-0.2, 0) is 0 Å². The Kier molecular flexibility index (Phi) is 4.59. The van der Waals surface area contributed by atoms with E-state index in [0.29, 0.717) is 6.04 Å². The Morgan fingerprint density at radius 3 is 2.42 bits per heavy atom. The third-order valence-corrected chi connectivity index (χ3v) is 5.82. The molecule has 0 saturated carbocycles. The number of aromatic nitrogens is 2. The lowest BCUT2D eigenvalue weighted by Crippen LogP contribution is -2.61. The van der Waals surface area contributed by atoms with Crippen LogP contribution in [0.2, 0.25) is 0 Å². The minimum Gasteiger partial charge on any atom is -0.368 e. The summed E-state index contributed by atoms with van der Waals surface area (Å²) in [4.78, 5) is 16.6. The standard InChI is InChI=1S/C18H30N6/c1-14(2)21-17-11-18(20-13-19-17)24-9-7-23(8-10-24)16-12-22-5-3-15(16)4-6-22/h11,13-16H,3-10,12H2,1-2H3,(H,19,20,21)/t16-/m1/s1. The fraction of sp³-hybridized carbons (Fsp3) is 0.778. The van der Waals surface area contributed by atoms with Crippen molar-refractivity contribution in [3.63, 3.8) is 0 Å². The molecule has 24 heavy (non-hydrogen) atoms. The number of piperazine rings is 1. The summed E-state index contributed by atoms with van der Waals surface area (Å²) >= 11 is 0. The molecule has 5 rings (SSSR count). The van der Waals surface area contributed by atoms with Gasteiger partial charge in [-0.1, -0.05) is 0 Å². The van der Waals surface area contributed by atoms with E-state index in [9.17, 15) is 0 Å². The Balaban J connectivity index is 1.36. The summed E-state index contributed by atoms with van der Waals surface area (Å²) < 4.78 is 0. The zero-order valence-corrected chi connectivity index (χ0v) is 15.0. The van der Waals surface area contributed by atoms with Gasteiger partial charge in [0.15, 0.2) is 0 Å². The topological polar surface area (TPSA) is 47.5 Å². The van der Waals surface area contributed by atoms with Crippen LogP contribution in [0.3, 0.4) is 0 Å². The molecule has 132 valence electrons. The van der Waals surface area contributed by atoms with Crippen molar-refractivity contribution in [1.82, 2.24) is 19.8 Å². The van der Waals surface area contributed by atoms with Gasteiger partial charge in [-0.2, -0.15) is 0 Å². The number of fused-ring (bicyclic) bond motifs is 3. The molecule has 1 N–H and O–H groups in total. The molecule has 0 amide bonds. The van der Waals surface area contributed by atoms with Gasteiger partial charge < -0.3 is 15.1 Å². The molecule has 4 aliphatic heterocycles. The summed E-state index contributed by atoms with van der Waals surface area (Å²) in [5.41, 5.74) is 0. The second-order valence-corrected chi connectivity index (χ2v) is 7.79. The highest BCUT2D eigenvalue weighted by molar-refractivity contribution is 5.49. The Morgan fingerprint density at radius 2 is 1.79 bits per heavy atom. The average Bonchev–Trinajstić information content (AvgIpc) is 2.62. The first kappa shape index (κ1) is 16.1. The van der Waals surface area contributed by atoms with Gasteiger partial charge in [-0.05, 0) is 45.7 Å². The zero-order chi connectivity index (χ0) is 16.5. The van der Waals surface area contributed by atoms with E-state index in [2.05, 4.69) is 49.9 Å². The van der Waals surface area contributed by atoms with Gasteiger partial charge in [0.1, 0.15) is 18.0 Å². The molecule has 0 aliphatic carbocycles. The molecule has 1 atom stereocenters. The lowest BCUT2D eigenvalue weighted by atomic mass is 9.83. The molecule has 0 radical (unpaired) electrons. The van der Waals surface area contributed by atoms with Crippen molar-refractivity contribution in [2.45, 2.75) is 38.8 Å². The summed E-state index contributed by atoms with van der Waals surface area (Å²) in [6.07, 6.45) is 4.49. The molecule has 6 nitrogen and oxygen atoms in total. The van der Waals surface area contributed by atoms with E-state index in [4.69, 9.17) is 0 Å². The van der Waals surface area contributed by atoms with Crippen LogP contribution in [0.15, 0.2) is 12.4 Å². The van der Waals surface area contributed by atoms with Crippen molar-refractivity contribution in [1.29, 1.82) is 0 Å². The van der Waals surface area contributed by atoms with E-state index < -0.39 is 0 Å². The predicted molar refractivity (Wildman–Crippen MR) is 97.5 cm³/mol.